The largest absolute Gasteiger partial charge is 0.467 e. The van der Waals surface area contributed by atoms with Crippen LogP contribution in [0.4, 0.5) is 0 Å². The van der Waals surface area contributed by atoms with Crippen molar-refractivity contribution in [2.75, 3.05) is 7.11 Å². The molecule has 0 bridgehead atoms. The Labute approximate surface area is 82.6 Å². The number of rotatable bonds is 2. The van der Waals surface area contributed by atoms with Crippen LogP contribution in [0.1, 0.15) is 17.2 Å². The molecule has 0 unspecified atom stereocenters. The molecular weight excluding hydrogens is 180 g/mol. The zero-order chi connectivity index (χ0) is 10.1. The highest BCUT2D eigenvalue weighted by Crippen LogP contribution is 2.39. The summed E-state index contributed by atoms with van der Waals surface area (Å²) in [5.41, 5.74) is 2.21. The molecule has 2 atom stereocenters. The van der Waals surface area contributed by atoms with Crippen molar-refractivity contribution in [3.63, 3.8) is 0 Å². The second-order valence-corrected chi connectivity index (χ2v) is 3.41. The molecule has 0 aliphatic carbocycles. The fourth-order valence-corrected chi connectivity index (χ4v) is 1.51. The van der Waals surface area contributed by atoms with E-state index in [2.05, 4.69) is 4.74 Å². The number of epoxide rings is 1. The Kier molecular flexibility index (Phi) is 2.25. The van der Waals surface area contributed by atoms with E-state index in [1.807, 2.05) is 31.2 Å². The molecule has 3 heteroatoms. The smallest absolute Gasteiger partial charge is 0.338 e. The van der Waals surface area contributed by atoms with Gasteiger partial charge in [0.15, 0.2) is 6.10 Å². The van der Waals surface area contributed by atoms with Crippen LogP contribution in [0.25, 0.3) is 0 Å². The molecule has 1 fully saturated rings. The van der Waals surface area contributed by atoms with Crippen molar-refractivity contribution in [1.29, 1.82) is 0 Å². The summed E-state index contributed by atoms with van der Waals surface area (Å²) < 4.78 is 9.83. The predicted molar refractivity (Wildman–Crippen MR) is 50.8 cm³/mol. The number of hydrogen-bond donors (Lipinski definition) is 0. The molecule has 0 amide bonds. The lowest BCUT2D eigenvalue weighted by atomic mass is 10.1. The molecule has 0 radical (unpaired) electrons. The normalized spacial score (nSPS) is 24.4. The van der Waals surface area contributed by atoms with Crippen molar-refractivity contribution in [1.82, 2.24) is 0 Å². The summed E-state index contributed by atoms with van der Waals surface area (Å²) in [6.45, 7) is 2.01. The highest BCUT2D eigenvalue weighted by atomic mass is 16.6. The molecule has 0 aromatic heterocycles. The number of hydrogen-bond acceptors (Lipinski definition) is 3. The van der Waals surface area contributed by atoms with E-state index >= 15 is 0 Å². The fourth-order valence-electron chi connectivity index (χ4n) is 1.51. The monoisotopic (exact) mass is 192 g/mol. The minimum atomic E-state index is -0.401. The summed E-state index contributed by atoms with van der Waals surface area (Å²) in [5, 5.41) is 0. The lowest BCUT2D eigenvalue weighted by Crippen LogP contribution is -2.09. The quantitative estimate of drug-likeness (QED) is 0.527. The lowest BCUT2D eigenvalue weighted by molar-refractivity contribution is -0.142. The van der Waals surface area contributed by atoms with Gasteiger partial charge in [0.05, 0.1) is 7.11 Å². The van der Waals surface area contributed by atoms with E-state index < -0.39 is 6.10 Å². The molecular formula is C11H12O3. The number of carbonyl (C=O) groups is 1. The van der Waals surface area contributed by atoms with Crippen LogP contribution in [0.2, 0.25) is 0 Å². The predicted octanol–water partition coefficient (Wildman–Crippen LogP) is 1.61. The molecule has 14 heavy (non-hydrogen) atoms. The number of ether oxygens (including phenoxy) is 2. The first kappa shape index (κ1) is 9.21. The number of esters is 1. The van der Waals surface area contributed by atoms with E-state index in [1.54, 1.807) is 0 Å². The third-order valence-electron chi connectivity index (χ3n) is 2.30. The number of benzene rings is 1. The van der Waals surface area contributed by atoms with Crippen LogP contribution in [-0.4, -0.2) is 19.2 Å². The van der Waals surface area contributed by atoms with Crippen LogP contribution in [0.5, 0.6) is 0 Å². The van der Waals surface area contributed by atoms with Gasteiger partial charge in [-0.15, -0.1) is 0 Å². The molecule has 1 saturated heterocycles. The second kappa shape index (κ2) is 3.42. The van der Waals surface area contributed by atoms with Crippen molar-refractivity contribution in [2.45, 2.75) is 19.1 Å². The maximum atomic E-state index is 11.1. The van der Waals surface area contributed by atoms with Crippen LogP contribution in [0, 0.1) is 6.92 Å². The second-order valence-electron chi connectivity index (χ2n) is 3.41. The van der Waals surface area contributed by atoms with Gasteiger partial charge in [-0.25, -0.2) is 4.79 Å². The Bertz CT molecular complexity index is 359. The van der Waals surface area contributed by atoms with Gasteiger partial charge in [-0.3, -0.25) is 0 Å². The maximum absolute atomic E-state index is 11.1. The van der Waals surface area contributed by atoms with Gasteiger partial charge in [0, 0.05) is 0 Å². The molecule has 1 aliphatic heterocycles. The van der Waals surface area contributed by atoms with Gasteiger partial charge in [0.2, 0.25) is 0 Å². The van der Waals surface area contributed by atoms with E-state index in [0.717, 1.165) is 5.56 Å². The Morgan fingerprint density at radius 1 is 1.50 bits per heavy atom. The summed E-state index contributed by atoms with van der Waals surface area (Å²) in [6.07, 6.45) is -0.510. The first-order valence-corrected chi connectivity index (χ1v) is 4.52. The molecule has 0 spiro atoms. The molecule has 2 rings (SSSR count). The third-order valence-corrected chi connectivity index (χ3v) is 2.30. The Morgan fingerprint density at radius 2 is 2.29 bits per heavy atom. The van der Waals surface area contributed by atoms with Gasteiger partial charge < -0.3 is 9.47 Å². The summed E-state index contributed by atoms with van der Waals surface area (Å²) in [5.74, 6) is -0.295. The van der Waals surface area contributed by atoms with Gasteiger partial charge >= 0.3 is 5.97 Å². The van der Waals surface area contributed by atoms with Gasteiger partial charge in [-0.1, -0.05) is 29.8 Å². The van der Waals surface area contributed by atoms with E-state index in [4.69, 9.17) is 4.74 Å². The highest BCUT2D eigenvalue weighted by molar-refractivity contribution is 5.78. The van der Waals surface area contributed by atoms with Gasteiger partial charge in [-0.2, -0.15) is 0 Å². The third kappa shape index (κ3) is 1.63. The molecule has 1 aromatic rings. The van der Waals surface area contributed by atoms with Crippen LogP contribution in [-0.2, 0) is 14.3 Å². The van der Waals surface area contributed by atoms with E-state index in [0.29, 0.717) is 0 Å². The number of carbonyl (C=O) groups excluding carboxylic acids is 1. The Morgan fingerprint density at radius 3 is 2.93 bits per heavy atom. The van der Waals surface area contributed by atoms with Crippen LogP contribution in [0.3, 0.4) is 0 Å². The van der Waals surface area contributed by atoms with Crippen molar-refractivity contribution < 1.29 is 14.3 Å². The first-order valence-electron chi connectivity index (χ1n) is 4.52. The van der Waals surface area contributed by atoms with Crippen molar-refractivity contribution in [2.24, 2.45) is 0 Å². The molecule has 74 valence electrons. The molecule has 1 aliphatic rings. The summed E-state index contributed by atoms with van der Waals surface area (Å²) in [6, 6.07) is 7.95. The average molecular weight is 192 g/mol. The Hall–Kier alpha value is -1.35. The molecule has 3 nitrogen and oxygen atoms in total. The molecule has 0 saturated carbocycles. The topological polar surface area (TPSA) is 38.8 Å². The maximum Gasteiger partial charge on any atom is 0.338 e. The van der Waals surface area contributed by atoms with Crippen LogP contribution in [0.15, 0.2) is 24.3 Å². The van der Waals surface area contributed by atoms with Gasteiger partial charge in [-0.05, 0) is 12.5 Å². The summed E-state index contributed by atoms with van der Waals surface area (Å²) >= 11 is 0. The van der Waals surface area contributed by atoms with Crippen molar-refractivity contribution in [3.8, 4) is 0 Å². The average Bonchev–Trinajstić information content (AvgIpc) is 2.96. The lowest BCUT2D eigenvalue weighted by Gasteiger charge is -1.97. The standard InChI is InChI=1S/C11H12O3/c1-7-4-3-5-8(6-7)9-10(14-9)11(12)13-2/h3-6,9-10H,1-2H3/t9-,10-/m0/s1. The zero-order valence-corrected chi connectivity index (χ0v) is 8.19. The minimum Gasteiger partial charge on any atom is -0.467 e. The van der Waals surface area contributed by atoms with E-state index in [-0.39, 0.29) is 12.1 Å². The molecule has 0 N–H and O–H groups in total. The summed E-state index contributed by atoms with van der Waals surface area (Å²) in [4.78, 5) is 11.1. The zero-order valence-electron chi connectivity index (χ0n) is 8.19. The van der Waals surface area contributed by atoms with Gasteiger partial charge in [0.1, 0.15) is 6.10 Å². The highest BCUT2D eigenvalue weighted by Gasteiger charge is 2.47. The van der Waals surface area contributed by atoms with E-state index in [1.165, 1.54) is 12.7 Å². The first-order chi connectivity index (χ1) is 6.72. The number of methoxy groups -OCH3 is 1. The summed E-state index contributed by atoms with van der Waals surface area (Å²) in [7, 11) is 1.37. The molecule has 1 heterocycles. The van der Waals surface area contributed by atoms with Crippen molar-refractivity contribution >= 4 is 5.97 Å². The molecule has 1 aromatic carbocycles. The van der Waals surface area contributed by atoms with Crippen LogP contribution < -0.4 is 0 Å². The number of aryl methyl sites for hydroxylation is 1. The fraction of sp³-hybridized carbons (Fsp3) is 0.364. The van der Waals surface area contributed by atoms with Crippen molar-refractivity contribution in [3.05, 3.63) is 35.4 Å². The Balaban J connectivity index is 2.09. The van der Waals surface area contributed by atoms with Crippen LogP contribution >= 0.6 is 0 Å². The minimum absolute atomic E-state index is 0.109. The van der Waals surface area contributed by atoms with E-state index in [9.17, 15) is 4.79 Å². The van der Waals surface area contributed by atoms with Gasteiger partial charge in [0.25, 0.3) is 0 Å². The SMILES string of the molecule is COC(=O)[C@H]1O[C@H]1c1cccc(C)c1.